The molecule has 1 saturated heterocycles. The van der Waals surface area contributed by atoms with Crippen LogP contribution in [0.25, 0.3) is 0 Å². The number of piperidine rings is 1. The third kappa shape index (κ3) is 1.57. The summed E-state index contributed by atoms with van der Waals surface area (Å²) in [6.45, 7) is 3.47. The molecule has 0 amide bonds. The van der Waals surface area contributed by atoms with Crippen molar-refractivity contribution in [3.05, 3.63) is 23.3 Å². The maximum absolute atomic E-state index is 6.64. The molecule has 2 aliphatic carbocycles. The standard InChI is InChI=1S/C20H27NO3/c1-11-9-13-14-10-12-5-6-15(22-3)18-16(12)20(13,7-8-21(14)2)19(24-18)17(11)23-4/h5-6,11,13-14,17,19H,7-10H2,1-4H3. The molecule has 5 rings (SSSR count). The first-order valence-corrected chi connectivity index (χ1v) is 9.22. The Labute approximate surface area is 144 Å². The van der Waals surface area contributed by atoms with E-state index >= 15 is 0 Å². The zero-order chi connectivity index (χ0) is 16.6. The summed E-state index contributed by atoms with van der Waals surface area (Å²) >= 11 is 0. The van der Waals surface area contributed by atoms with Gasteiger partial charge in [0, 0.05) is 24.1 Å². The smallest absolute Gasteiger partial charge is 0.165 e. The summed E-state index contributed by atoms with van der Waals surface area (Å²) in [6.07, 6.45) is 3.81. The first-order chi connectivity index (χ1) is 11.6. The van der Waals surface area contributed by atoms with Gasteiger partial charge >= 0.3 is 0 Å². The summed E-state index contributed by atoms with van der Waals surface area (Å²) in [7, 11) is 5.89. The third-order valence-electron chi connectivity index (χ3n) is 7.40. The average Bonchev–Trinajstić information content (AvgIpc) is 2.92. The Hall–Kier alpha value is -1.26. The van der Waals surface area contributed by atoms with Crippen LogP contribution in [0, 0.1) is 11.8 Å². The minimum absolute atomic E-state index is 0.113. The molecule has 1 aromatic rings. The molecular weight excluding hydrogens is 302 g/mol. The highest BCUT2D eigenvalue weighted by atomic mass is 16.6. The fourth-order valence-corrected chi connectivity index (χ4v) is 6.40. The van der Waals surface area contributed by atoms with E-state index in [0.717, 1.165) is 30.9 Å². The molecule has 4 nitrogen and oxygen atoms in total. The molecule has 0 aromatic heterocycles. The number of hydrogen-bond acceptors (Lipinski definition) is 4. The summed E-state index contributed by atoms with van der Waals surface area (Å²) < 4.78 is 18.3. The SMILES string of the molecule is COc1ccc2c3c1OC1C(OC)C(C)CC4C(C2)N(C)CCC341. The highest BCUT2D eigenvalue weighted by Gasteiger charge is 2.66. The van der Waals surface area contributed by atoms with Gasteiger partial charge in [-0.25, -0.2) is 0 Å². The number of nitrogens with zero attached hydrogens (tertiary/aromatic N) is 1. The van der Waals surface area contributed by atoms with Crippen LogP contribution in [-0.4, -0.2) is 51.0 Å². The van der Waals surface area contributed by atoms with Gasteiger partial charge in [0.2, 0.25) is 0 Å². The number of methoxy groups -OCH3 is 2. The second-order valence-electron chi connectivity index (χ2n) is 8.23. The Kier molecular flexibility index (Phi) is 3.06. The number of likely N-dealkylation sites (tertiary alicyclic amines) is 1. The molecule has 2 fully saturated rings. The molecule has 24 heavy (non-hydrogen) atoms. The Morgan fingerprint density at radius 2 is 2.12 bits per heavy atom. The normalized spacial score (nSPS) is 42.4. The van der Waals surface area contributed by atoms with E-state index in [4.69, 9.17) is 14.2 Å². The predicted octanol–water partition coefficient (Wildman–Crippen LogP) is 2.63. The van der Waals surface area contributed by atoms with Gasteiger partial charge < -0.3 is 19.1 Å². The summed E-state index contributed by atoms with van der Waals surface area (Å²) in [6, 6.07) is 4.98. The monoisotopic (exact) mass is 329 g/mol. The summed E-state index contributed by atoms with van der Waals surface area (Å²) in [5.41, 5.74) is 3.03. The predicted molar refractivity (Wildman–Crippen MR) is 91.9 cm³/mol. The van der Waals surface area contributed by atoms with Crippen molar-refractivity contribution in [2.24, 2.45) is 11.8 Å². The number of ether oxygens (including phenoxy) is 3. The minimum Gasteiger partial charge on any atom is -0.493 e. The highest BCUT2D eigenvalue weighted by molar-refractivity contribution is 5.61. The van der Waals surface area contributed by atoms with Crippen molar-refractivity contribution in [2.45, 2.75) is 49.9 Å². The van der Waals surface area contributed by atoms with Crippen LogP contribution in [-0.2, 0) is 16.6 Å². The number of benzene rings is 1. The van der Waals surface area contributed by atoms with E-state index in [0.29, 0.717) is 17.9 Å². The molecule has 4 aliphatic rings. The molecule has 2 bridgehead atoms. The van der Waals surface area contributed by atoms with Gasteiger partial charge in [0.15, 0.2) is 11.5 Å². The fourth-order valence-electron chi connectivity index (χ4n) is 6.40. The van der Waals surface area contributed by atoms with E-state index in [1.54, 1.807) is 7.11 Å². The minimum atomic E-state index is 0.113. The van der Waals surface area contributed by atoms with Crippen LogP contribution in [0.1, 0.15) is 30.9 Å². The van der Waals surface area contributed by atoms with Crippen LogP contribution in [0.5, 0.6) is 11.5 Å². The molecule has 0 radical (unpaired) electrons. The molecule has 1 saturated carbocycles. The molecule has 0 N–H and O–H groups in total. The van der Waals surface area contributed by atoms with Crippen molar-refractivity contribution in [3.63, 3.8) is 0 Å². The van der Waals surface area contributed by atoms with Crippen molar-refractivity contribution < 1.29 is 14.2 Å². The van der Waals surface area contributed by atoms with Crippen LogP contribution >= 0.6 is 0 Å². The Balaban J connectivity index is 1.77. The number of rotatable bonds is 2. The molecular formula is C20H27NO3. The van der Waals surface area contributed by atoms with Gasteiger partial charge in [0.1, 0.15) is 6.10 Å². The highest BCUT2D eigenvalue weighted by Crippen LogP contribution is 2.64. The van der Waals surface area contributed by atoms with Crippen LogP contribution in [0.15, 0.2) is 12.1 Å². The van der Waals surface area contributed by atoms with Crippen LogP contribution in [0.4, 0.5) is 0 Å². The lowest BCUT2D eigenvalue weighted by molar-refractivity contribution is -0.134. The molecule has 1 aromatic carbocycles. The van der Waals surface area contributed by atoms with Crippen molar-refractivity contribution >= 4 is 0 Å². The number of hydrogen-bond donors (Lipinski definition) is 0. The van der Waals surface area contributed by atoms with E-state index in [1.807, 2.05) is 7.11 Å². The van der Waals surface area contributed by atoms with Gasteiger partial charge in [0.05, 0.1) is 13.2 Å². The molecule has 6 atom stereocenters. The van der Waals surface area contributed by atoms with Crippen molar-refractivity contribution in [2.75, 3.05) is 27.8 Å². The van der Waals surface area contributed by atoms with E-state index in [9.17, 15) is 0 Å². The maximum Gasteiger partial charge on any atom is 0.165 e. The molecule has 2 heterocycles. The summed E-state index contributed by atoms with van der Waals surface area (Å²) in [5.74, 6) is 3.07. The quantitative estimate of drug-likeness (QED) is 0.835. The van der Waals surface area contributed by atoms with E-state index in [-0.39, 0.29) is 17.6 Å². The zero-order valence-corrected chi connectivity index (χ0v) is 15.0. The lowest BCUT2D eigenvalue weighted by atomic mass is 9.50. The fraction of sp³-hybridized carbons (Fsp3) is 0.700. The second kappa shape index (κ2) is 4.89. The van der Waals surface area contributed by atoms with Gasteiger partial charge in [0.25, 0.3) is 0 Å². The largest absolute Gasteiger partial charge is 0.493 e. The maximum atomic E-state index is 6.64. The molecule has 2 aliphatic heterocycles. The summed E-state index contributed by atoms with van der Waals surface area (Å²) in [5, 5.41) is 0. The lowest BCUT2D eigenvalue weighted by Gasteiger charge is -2.60. The van der Waals surface area contributed by atoms with Crippen LogP contribution in [0.2, 0.25) is 0 Å². The third-order valence-corrected chi connectivity index (χ3v) is 7.40. The molecule has 1 spiro atoms. The van der Waals surface area contributed by atoms with Crippen LogP contribution in [0.3, 0.4) is 0 Å². The Bertz CT molecular complexity index is 690. The van der Waals surface area contributed by atoms with Gasteiger partial charge in [-0.2, -0.15) is 0 Å². The van der Waals surface area contributed by atoms with E-state index in [1.165, 1.54) is 17.5 Å². The van der Waals surface area contributed by atoms with Gasteiger partial charge in [-0.3, -0.25) is 0 Å². The Morgan fingerprint density at radius 1 is 1.29 bits per heavy atom. The first-order valence-electron chi connectivity index (χ1n) is 9.22. The van der Waals surface area contributed by atoms with Gasteiger partial charge in [-0.05, 0) is 56.3 Å². The molecule has 6 unspecified atom stereocenters. The first kappa shape index (κ1) is 15.0. The van der Waals surface area contributed by atoms with Gasteiger partial charge in [-0.15, -0.1) is 0 Å². The Morgan fingerprint density at radius 3 is 2.88 bits per heavy atom. The average molecular weight is 329 g/mol. The second-order valence-corrected chi connectivity index (χ2v) is 8.23. The van der Waals surface area contributed by atoms with Crippen molar-refractivity contribution in [1.82, 2.24) is 4.90 Å². The summed E-state index contributed by atoms with van der Waals surface area (Å²) in [4.78, 5) is 2.58. The van der Waals surface area contributed by atoms with E-state index in [2.05, 4.69) is 31.0 Å². The topological polar surface area (TPSA) is 30.9 Å². The van der Waals surface area contributed by atoms with Crippen LogP contribution < -0.4 is 9.47 Å². The van der Waals surface area contributed by atoms with Gasteiger partial charge in [-0.1, -0.05) is 13.0 Å². The number of likely N-dealkylation sites (N-methyl/N-ethyl adjacent to an activating group) is 1. The lowest BCUT2D eigenvalue weighted by Crippen LogP contribution is -2.68. The zero-order valence-electron chi connectivity index (χ0n) is 15.0. The van der Waals surface area contributed by atoms with Crippen molar-refractivity contribution in [1.29, 1.82) is 0 Å². The molecule has 130 valence electrons. The van der Waals surface area contributed by atoms with Crippen molar-refractivity contribution in [3.8, 4) is 11.5 Å². The van der Waals surface area contributed by atoms with E-state index < -0.39 is 0 Å². The molecule has 4 heteroatoms.